The molecule has 0 saturated heterocycles. The summed E-state index contributed by atoms with van der Waals surface area (Å²) >= 11 is 0. The van der Waals surface area contributed by atoms with E-state index in [9.17, 15) is 4.79 Å². The van der Waals surface area contributed by atoms with E-state index in [1.165, 1.54) is 57.8 Å². The van der Waals surface area contributed by atoms with Crippen LogP contribution < -0.4 is 11.1 Å². The molecule has 8 atom stereocenters. The smallest absolute Gasteiger partial charge is 0.407 e. The third kappa shape index (κ3) is 6.10. The van der Waals surface area contributed by atoms with Crippen molar-refractivity contribution < 1.29 is 9.53 Å². The first-order valence-corrected chi connectivity index (χ1v) is 15.8. The van der Waals surface area contributed by atoms with E-state index in [1.807, 2.05) is 13.8 Å². The number of hydrogen-bond acceptors (Lipinski definition) is 3. The largest absolute Gasteiger partial charge is 0.446 e. The molecule has 3 saturated carbocycles. The summed E-state index contributed by atoms with van der Waals surface area (Å²) in [7, 11) is 0. The molecule has 0 aromatic carbocycles. The number of nitrogens with one attached hydrogen (secondary N) is 1. The molecule has 0 aromatic rings. The molecule has 0 aromatic heterocycles. The molecule has 1 amide bonds. The maximum Gasteiger partial charge on any atom is 0.407 e. The van der Waals surface area contributed by atoms with Crippen LogP contribution in [-0.2, 0) is 4.74 Å². The monoisotopic (exact) mass is 514 g/mol. The number of alkyl carbamates (subject to hydrolysis) is 1. The zero-order chi connectivity index (χ0) is 27.0. The third-order valence-corrected chi connectivity index (χ3v) is 11.8. The van der Waals surface area contributed by atoms with E-state index >= 15 is 0 Å². The van der Waals surface area contributed by atoms with Gasteiger partial charge in [-0.3, -0.25) is 0 Å². The van der Waals surface area contributed by atoms with Crippen LogP contribution in [0.5, 0.6) is 0 Å². The van der Waals surface area contributed by atoms with Crippen LogP contribution in [0.15, 0.2) is 11.6 Å². The summed E-state index contributed by atoms with van der Waals surface area (Å²) in [6.45, 7) is 16.7. The quantitative estimate of drug-likeness (QED) is 0.304. The average Bonchev–Trinajstić information content (AvgIpc) is 3.16. The third-order valence-electron chi connectivity index (χ3n) is 11.8. The lowest BCUT2D eigenvalue weighted by molar-refractivity contribution is -0.0520. The average molecular weight is 515 g/mol. The Morgan fingerprint density at radius 2 is 1.92 bits per heavy atom. The molecule has 3 fully saturated rings. The zero-order valence-electron chi connectivity index (χ0n) is 25.2. The van der Waals surface area contributed by atoms with Crippen molar-refractivity contribution >= 4 is 6.09 Å². The Labute approximate surface area is 228 Å². The van der Waals surface area contributed by atoms with Crippen LogP contribution in [-0.4, -0.2) is 24.3 Å². The molecule has 0 heterocycles. The number of nitrogens with two attached hydrogens (primary N) is 1. The normalized spacial score (nSPS) is 38.3. The maximum absolute atomic E-state index is 12.4. The first-order chi connectivity index (χ1) is 17.4. The second kappa shape index (κ2) is 11.2. The number of fused-ring (bicyclic) bond motifs is 5. The number of carbonyl (C=O) groups excluding carboxylic acids is 1. The van der Waals surface area contributed by atoms with Crippen LogP contribution in [0.1, 0.15) is 126 Å². The summed E-state index contributed by atoms with van der Waals surface area (Å²) in [5.41, 5.74) is 8.01. The van der Waals surface area contributed by atoms with Crippen molar-refractivity contribution in [1.82, 2.24) is 5.32 Å². The minimum Gasteiger partial charge on any atom is -0.446 e. The standard InChI is InChI=1S/C33H58N2O2/c1-8-23(22(2)3)10-9-11-24-13-15-28-27-14-12-25-20-26(37-30(36)35-21-31(4,5)34)16-18-33(25,7)29(27)17-19-32(24,28)6/h12,22-24,26-29H,8-11,13-21,34H2,1-7H3,(H,35,36). The Morgan fingerprint density at radius 3 is 2.59 bits per heavy atom. The molecule has 4 aliphatic rings. The van der Waals surface area contributed by atoms with Crippen molar-refractivity contribution in [3.8, 4) is 0 Å². The van der Waals surface area contributed by atoms with Crippen LogP contribution in [0.25, 0.3) is 0 Å². The van der Waals surface area contributed by atoms with E-state index in [-0.39, 0.29) is 12.2 Å². The highest BCUT2D eigenvalue weighted by molar-refractivity contribution is 5.67. The lowest BCUT2D eigenvalue weighted by atomic mass is 9.47. The molecule has 4 rings (SSSR count). The van der Waals surface area contributed by atoms with Crippen LogP contribution in [0.2, 0.25) is 0 Å². The number of hydrogen-bond donors (Lipinski definition) is 2. The van der Waals surface area contributed by atoms with Crippen LogP contribution >= 0.6 is 0 Å². The summed E-state index contributed by atoms with van der Waals surface area (Å²) in [6.07, 6.45) is 17.9. The van der Waals surface area contributed by atoms with Gasteiger partial charge in [-0.05, 0) is 112 Å². The van der Waals surface area contributed by atoms with Gasteiger partial charge in [-0.1, -0.05) is 65.5 Å². The van der Waals surface area contributed by atoms with Gasteiger partial charge in [-0.2, -0.15) is 0 Å². The van der Waals surface area contributed by atoms with E-state index in [2.05, 4.69) is 46.0 Å². The van der Waals surface area contributed by atoms with Crippen molar-refractivity contribution in [2.75, 3.05) is 6.54 Å². The lowest BCUT2D eigenvalue weighted by Crippen LogP contribution is -2.51. The molecule has 0 aliphatic heterocycles. The molecule has 4 heteroatoms. The minimum atomic E-state index is -0.425. The molecular formula is C33H58N2O2. The van der Waals surface area contributed by atoms with E-state index in [1.54, 1.807) is 5.57 Å². The Kier molecular flexibility index (Phi) is 8.78. The lowest BCUT2D eigenvalue weighted by Gasteiger charge is -2.58. The first-order valence-electron chi connectivity index (χ1n) is 15.8. The van der Waals surface area contributed by atoms with Gasteiger partial charge in [0.15, 0.2) is 0 Å². The van der Waals surface area contributed by atoms with Crippen molar-refractivity contribution in [2.24, 2.45) is 52.1 Å². The van der Waals surface area contributed by atoms with Gasteiger partial charge >= 0.3 is 6.09 Å². The molecule has 3 N–H and O–H groups in total. The molecule has 8 unspecified atom stereocenters. The SMILES string of the molecule is CCC(CCCC1CCC2C3CC=C4CC(OC(=O)NCC(C)(C)N)CCC4(C)C3CCC12C)C(C)C. The fourth-order valence-corrected chi connectivity index (χ4v) is 9.44. The zero-order valence-corrected chi connectivity index (χ0v) is 25.2. The van der Waals surface area contributed by atoms with Gasteiger partial charge < -0.3 is 15.8 Å². The number of ether oxygens (including phenoxy) is 1. The van der Waals surface area contributed by atoms with Crippen molar-refractivity contribution in [1.29, 1.82) is 0 Å². The second-order valence-corrected chi connectivity index (χ2v) is 15.0. The summed E-state index contributed by atoms with van der Waals surface area (Å²) in [5, 5.41) is 2.85. The van der Waals surface area contributed by atoms with Gasteiger partial charge in [0.05, 0.1) is 0 Å². The number of rotatable bonds is 9. The van der Waals surface area contributed by atoms with Gasteiger partial charge in [-0.15, -0.1) is 0 Å². The van der Waals surface area contributed by atoms with Crippen molar-refractivity contribution in [3.05, 3.63) is 11.6 Å². The van der Waals surface area contributed by atoms with E-state index in [0.29, 0.717) is 17.4 Å². The summed E-state index contributed by atoms with van der Waals surface area (Å²) in [5.74, 6) is 5.22. The van der Waals surface area contributed by atoms with Crippen LogP contribution in [0.3, 0.4) is 0 Å². The van der Waals surface area contributed by atoms with Gasteiger partial charge in [0.25, 0.3) is 0 Å². The first kappa shape index (κ1) is 29.0. The summed E-state index contributed by atoms with van der Waals surface area (Å²) in [4.78, 5) is 12.4. The highest BCUT2D eigenvalue weighted by Gasteiger charge is 2.58. The summed E-state index contributed by atoms with van der Waals surface area (Å²) < 4.78 is 5.85. The van der Waals surface area contributed by atoms with E-state index in [4.69, 9.17) is 10.5 Å². The Morgan fingerprint density at radius 1 is 1.16 bits per heavy atom. The highest BCUT2D eigenvalue weighted by Crippen LogP contribution is 2.66. The van der Waals surface area contributed by atoms with Crippen molar-refractivity contribution in [2.45, 2.75) is 137 Å². The molecule has 4 nitrogen and oxygen atoms in total. The van der Waals surface area contributed by atoms with Gasteiger partial charge in [0.2, 0.25) is 0 Å². The predicted molar refractivity (Wildman–Crippen MR) is 154 cm³/mol. The molecule has 4 aliphatic carbocycles. The fourth-order valence-electron chi connectivity index (χ4n) is 9.44. The van der Waals surface area contributed by atoms with E-state index in [0.717, 1.165) is 54.8 Å². The topological polar surface area (TPSA) is 64.3 Å². The second-order valence-electron chi connectivity index (χ2n) is 15.0. The van der Waals surface area contributed by atoms with Gasteiger partial charge in [0.1, 0.15) is 6.10 Å². The minimum absolute atomic E-state index is 0.000681. The highest BCUT2D eigenvalue weighted by atomic mass is 16.6. The molecule has 0 radical (unpaired) electrons. The number of amides is 1. The predicted octanol–water partition coefficient (Wildman–Crippen LogP) is 8.25. The Balaban J connectivity index is 1.36. The van der Waals surface area contributed by atoms with Crippen molar-refractivity contribution in [3.63, 3.8) is 0 Å². The fraction of sp³-hybridized carbons (Fsp3) is 0.909. The van der Waals surface area contributed by atoms with Gasteiger partial charge in [0, 0.05) is 18.5 Å². The number of carbonyl (C=O) groups is 1. The van der Waals surface area contributed by atoms with Crippen LogP contribution in [0, 0.1) is 46.3 Å². The molecule has 0 spiro atoms. The van der Waals surface area contributed by atoms with E-state index < -0.39 is 5.54 Å². The molecule has 212 valence electrons. The molecular weight excluding hydrogens is 456 g/mol. The maximum atomic E-state index is 12.4. The van der Waals surface area contributed by atoms with Gasteiger partial charge in [-0.25, -0.2) is 4.79 Å². The number of allylic oxidation sites excluding steroid dienone is 1. The Hall–Kier alpha value is -1.03. The summed E-state index contributed by atoms with van der Waals surface area (Å²) in [6, 6.07) is 0. The molecule has 0 bridgehead atoms. The van der Waals surface area contributed by atoms with Crippen LogP contribution in [0.4, 0.5) is 4.79 Å². The Bertz CT molecular complexity index is 829. The molecule has 37 heavy (non-hydrogen) atoms.